The summed E-state index contributed by atoms with van der Waals surface area (Å²) in [5.41, 5.74) is 0.584. The fourth-order valence-electron chi connectivity index (χ4n) is 2.70. The number of amides is 3. The predicted molar refractivity (Wildman–Crippen MR) is 95.1 cm³/mol. The summed E-state index contributed by atoms with van der Waals surface area (Å²) < 4.78 is 5.30. The number of rotatable bonds is 4. The largest absolute Gasteiger partial charge is 0.495 e. The Hall–Kier alpha value is -4.22. The normalized spacial score (nSPS) is 10.6. The quantitative estimate of drug-likeness (QED) is 0.362. The summed E-state index contributed by atoms with van der Waals surface area (Å²) in [6.45, 7) is 0. The molecule has 7 N–H and O–H groups in total. The molecule has 3 rings (SSSR count). The molecule has 0 unspecified atom stereocenters. The molecule has 3 aromatic rings. The smallest absolute Gasteiger partial charge is 0.410 e. The molecule has 140 valence electrons. The highest BCUT2D eigenvalue weighted by Gasteiger charge is 2.18. The number of benzene rings is 1. The Labute approximate surface area is 149 Å². The first kappa shape index (κ1) is 17.6. The van der Waals surface area contributed by atoms with Crippen molar-refractivity contribution in [3.63, 3.8) is 0 Å². The minimum absolute atomic E-state index is 0.00756. The van der Waals surface area contributed by atoms with Gasteiger partial charge in [-0.2, -0.15) is 0 Å². The summed E-state index contributed by atoms with van der Waals surface area (Å²) in [5.74, 6) is 0.308. The van der Waals surface area contributed by atoms with Gasteiger partial charge in [0.2, 0.25) is 0 Å². The van der Waals surface area contributed by atoms with E-state index in [0.717, 1.165) is 0 Å². The third kappa shape index (κ3) is 3.44. The molecule has 0 spiro atoms. The lowest BCUT2D eigenvalue weighted by atomic mass is 10.1. The van der Waals surface area contributed by atoms with Crippen molar-refractivity contribution < 1.29 is 34.4 Å². The van der Waals surface area contributed by atoms with Gasteiger partial charge in [-0.3, -0.25) is 16.0 Å². The highest BCUT2D eigenvalue weighted by molar-refractivity contribution is 6.16. The summed E-state index contributed by atoms with van der Waals surface area (Å²) in [6.07, 6.45) is -4.04. The van der Waals surface area contributed by atoms with E-state index in [-0.39, 0.29) is 39.5 Å². The van der Waals surface area contributed by atoms with E-state index >= 15 is 0 Å². The Morgan fingerprint density at radius 2 is 1.67 bits per heavy atom. The van der Waals surface area contributed by atoms with Gasteiger partial charge in [0, 0.05) is 11.5 Å². The number of H-pyrrole nitrogens is 1. The van der Waals surface area contributed by atoms with Crippen molar-refractivity contribution in [2.45, 2.75) is 0 Å². The van der Waals surface area contributed by atoms with Crippen LogP contribution in [-0.2, 0) is 0 Å². The second-order valence-corrected chi connectivity index (χ2v) is 5.30. The molecule has 0 bridgehead atoms. The number of aromatic nitrogens is 2. The first-order valence-electron chi connectivity index (χ1n) is 7.32. The SMILES string of the molecule is COc1cc2cc(NC(=O)O)nc2c2c(NC(=O)O)cc(NC(=O)O)[nH]c12. The lowest BCUT2D eigenvalue weighted by Gasteiger charge is -2.13. The van der Waals surface area contributed by atoms with Gasteiger partial charge in [-0.1, -0.05) is 0 Å². The van der Waals surface area contributed by atoms with Gasteiger partial charge in [0.05, 0.1) is 29.2 Å². The van der Waals surface area contributed by atoms with Crippen molar-refractivity contribution in [1.82, 2.24) is 9.97 Å². The van der Waals surface area contributed by atoms with Crippen molar-refractivity contribution in [2.24, 2.45) is 0 Å². The zero-order valence-corrected chi connectivity index (χ0v) is 13.7. The Morgan fingerprint density at radius 3 is 2.26 bits per heavy atom. The van der Waals surface area contributed by atoms with Crippen LogP contribution < -0.4 is 20.7 Å². The Bertz CT molecular complexity index is 1090. The van der Waals surface area contributed by atoms with Gasteiger partial charge >= 0.3 is 18.3 Å². The van der Waals surface area contributed by atoms with Crippen LogP contribution in [-0.4, -0.2) is 50.7 Å². The Balaban J connectivity index is 2.36. The highest BCUT2D eigenvalue weighted by Crippen LogP contribution is 2.38. The summed E-state index contributed by atoms with van der Waals surface area (Å²) in [6, 6.07) is 4.26. The molecule has 1 aromatic carbocycles. The van der Waals surface area contributed by atoms with Gasteiger partial charge in [-0.05, 0) is 12.1 Å². The third-order valence-corrected chi connectivity index (χ3v) is 3.57. The van der Waals surface area contributed by atoms with Crippen LogP contribution in [0.4, 0.5) is 31.7 Å². The molecular formula is C15H13N5O7. The third-order valence-electron chi connectivity index (χ3n) is 3.57. The molecule has 0 saturated heterocycles. The molecule has 0 aliphatic heterocycles. The van der Waals surface area contributed by atoms with Crippen LogP contribution in [0, 0.1) is 0 Å². The predicted octanol–water partition coefficient (Wildman–Crippen LogP) is 2.99. The summed E-state index contributed by atoms with van der Waals surface area (Å²) in [4.78, 5) is 40.0. The molecule has 27 heavy (non-hydrogen) atoms. The molecule has 2 aromatic heterocycles. The van der Waals surface area contributed by atoms with Gasteiger partial charge in [0.25, 0.3) is 0 Å². The second-order valence-electron chi connectivity index (χ2n) is 5.30. The molecule has 3 amide bonds. The van der Waals surface area contributed by atoms with Crippen molar-refractivity contribution in [3.8, 4) is 5.75 Å². The van der Waals surface area contributed by atoms with Crippen LogP contribution in [0.15, 0.2) is 18.2 Å². The van der Waals surface area contributed by atoms with Crippen molar-refractivity contribution in [2.75, 3.05) is 23.1 Å². The van der Waals surface area contributed by atoms with Crippen LogP contribution in [0.25, 0.3) is 21.8 Å². The van der Waals surface area contributed by atoms with Gasteiger partial charge in [0.15, 0.2) is 0 Å². The van der Waals surface area contributed by atoms with E-state index in [1.165, 1.54) is 19.2 Å². The van der Waals surface area contributed by atoms with Gasteiger partial charge in [0.1, 0.15) is 17.4 Å². The van der Waals surface area contributed by atoms with Crippen molar-refractivity contribution in [1.29, 1.82) is 0 Å². The number of aromatic amines is 1. The maximum Gasteiger partial charge on any atom is 0.410 e. The highest BCUT2D eigenvalue weighted by atomic mass is 16.5. The van der Waals surface area contributed by atoms with Crippen LogP contribution >= 0.6 is 0 Å². The summed E-state index contributed by atoms with van der Waals surface area (Å²) >= 11 is 0. The van der Waals surface area contributed by atoms with Crippen LogP contribution in [0.1, 0.15) is 0 Å². The van der Waals surface area contributed by atoms with Crippen molar-refractivity contribution in [3.05, 3.63) is 18.2 Å². The van der Waals surface area contributed by atoms with Gasteiger partial charge < -0.3 is 25.0 Å². The zero-order valence-electron chi connectivity index (χ0n) is 13.7. The minimum Gasteiger partial charge on any atom is -0.495 e. The molecule has 0 radical (unpaired) electrons. The Morgan fingerprint density at radius 1 is 1.00 bits per heavy atom. The lowest BCUT2D eigenvalue weighted by molar-refractivity contribution is 0.208. The van der Waals surface area contributed by atoms with Gasteiger partial charge in [-0.25, -0.2) is 19.4 Å². The van der Waals surface area contributed by atoms with E-state index in [1.54, 1.807) is 6.07 Å². The standard InChI is InChI=1S/C15H13N5O7/c1-27-7-2-5-3-8(19-14(23)24)17-11(5)10-6(16-13(21)22)4-9(18-12(7)10)20-15(25)26/h2-4,16,18-20H,1H3,(H,21,22)(H,23,24)(H,25,26). The van der Waals surface area contributed by atoms with Crippen molar-refractivity contribution >= 4 is 57.4 Å². The molecule has 2 heterocycles. The van der Waals surface area contributed by atoms with Crippen LogP contribution in [0.3, 0.4) is 0 Å². The fourth-order valence-corrected chi connectivity index (χ4v) is 2.70. The molecule has 0 aliphatic rings. The van der Waals surface area contributed by atoms with E-state index in [0.29, 0.717) is 5.39 Å². The number of ether oxygens (including phenoxy) is 1. The topological polar surface area (TPSA) is 186 Å². The zero-order chi connectivity index (χ0) is 19.7. The molecule has 12 heteroatoms. The van der Waals surface area contributed by atoms with E-state index < -0.39 is 18.3 Å². The number of anilines is 3. The molecule has 12 nitrogen and oxygen atoms in total. The van der Waals surface area contributed by atoms with E-state index in [1.807, 2.05) is 0 Å². The number of methoxy groups -OCH3 is 1. The lowest BCUT2D eigenvalue weighted by Crippen LogP contribution is -2.12. The van der Waals surface area contributed by atoms with E-state index in [2.05, 4.69) is 25.9 Å². The number of carbonyl (C=O) groups is 3. The molecule has 0 saturated carbocycles. The minimum atomic E-state index is -1.38. The summed E-state index contributed by atoms with van der Waals surface area (Å²) in [5, 5.41) is 34.1. The van der Waals surface area contributed by atoms with Gasteiger partial charge in [-0.15, -0.1) is 0 Å². The van der Waals surface area contributed by atoms with Crippen LogP contribution in [0.2, 0.25) is 0 Å². The number of pyridine rings is 1. The first-order chi connectivity index (χ1) is 12.8. The number of fused-ring (bicyclic) bond motifs is 3. The molecule has 0 atom stereocenters. The number of carboxylic acid groups (broad SMARTS) is 3. The Kier molecular flexibility index (Phi) is 4.29. The monoisotopic (exact) mass is 375 g/mol. The molecule has 0 fully saturated rings. The number of nitrogens with one attached hydrogen (secondary N) is 4. The average molecular weight is 375 g/mol. The van der Waals surface area contributed by atoms with Crippen LogP contribution in [0.5, 0.6) is 5.75 Å². The van der Waals surface area contributed by atoms with E-state index in [4.69, 9.17) is 20.1 Å². The van der Waals surface area contributed by atoms with E-state index in [9.17, 15) is 14.4 Å². The first-order valence-corrected chi connectivity index (χ1v) is 7.32. The number of nitrogens with zero attached hydrogens (tertiary/aromatic N) is 1. The fraction of sp³-hybridized carbons (Fsp3) is 0.0667. The second kappa shape index (κ2) is 6.59. The maximum atomic E-state index is 11.2. The maximum absolute atomic E-state index is 11.2. The molecular weight excluding hydrogens is 362 g/mol. The number of hydrogen-bond acceptors (Lipinski definition) is 5. The summed E-state index contributed by atoms with van der Waals surface area (Å²) in [7, 11) is 1.38. The molecule has 0 aliphatic carbocycles. The number of hydrogen-bond donors (Lipinski definition) is 7. The average Bonchev–Trinajstić information content (AvgIpc) is 2.93.